The molecule has 3 N–H and O–H groups in total. The van der Waals surface area contributed by atoms with Crippen LogP contribution in [0.25, 0.3) is 10.9 Å². The Morgan fingerprint density at radius 3 is 3.00 bits per heavy atom. The van der Waals surface area contributed by atoms with E-state index in [0.717, 1.165) is 23.0 Å². The molecule has 5 nitrogen and oxygen atoms in total. The summed E-state index contributed by atoms with van der Waals surface area (Å²) in [5.41, 5.74) is 8.13. The molecule has 1 aromatic heterocycles. The molecule has 2 rings (SSSR count). The average molecular weight is 247 g/mol. The fourth-order valence-electron chi connectivity index (χ4n) is 1.97. The van der Waals surface area contributed by atoms with E-state index >= 15 is 0 Å². The van der Waals surface area contributed by atoms with Crippen molar-refractivity contribution in [1.82, 2.24) is 10.2 Å². The number of hydrogen-bond acceptors (Lipinski definition) is 4. The molecule has 1 heterocycles. The second-order valence-electron chi connectivity index (χ2n) is 4.27. The standard InChI is InChI=1S/C13H17N3O2/c1-3-8(14)7-11-12-9(13(17)18-2)5-4-6-10(12)15-16-11/h4-6,8H,3,7,14H2,1-2H3,(H,15,16). The summed E-state index contributed by atoms with van der Waals surface area (Å²) >= 11 is 0. The van der Waals surface area contributed by atoms with Crippen LogP contribution in [0.2, 0.25) is 0 Å². The molecule has 0 aliphatic rings. The Morgan fingerprint density at radius 2 is 2.33 bits per heavy atom. The van der Waals surface area contributed by atoms with E-state index in [1.165, 1.54) is 7.11 Å². The molecule has 18 heavy (non-hydrogen) atoms. The number of aromatic amines is 1. The Hall–Kier alpha value is -1.88. The van der Waals surface area contributed by atoms with Crippen LogP contribution >= 0.6 is 0 Å². The Balaban J connectivity index is 2.51. The molecule has 0 spiro atoms. The summed E-state index contributed by atoms with van der Waals surface area (Å²) in [6.45, 7) is 2.03. The summed E-state index contributed by atoms with van der Waals surface area (Å²) in [4.78, 5) is 11.7. The molecule has 1 aromatic carbocycles. The van der Waals surface area contributed by atoms with Crippen molar-refractivity contribution in [3.05, 3.63) is 29.5 Å². The summed E-state index contributed by atoms with van der Waals surface area (Å²) in [7, 11) is 1.37. The second-order valence-corrected chi connectivity index (χ2v) is 4.27. The number of nitrogens with two attached hydrogens (primary N) is 1. The van der Waals surface area contributed by atoms with Gasteiger partial charge in [0.2, 0.25) is 0 Å². The lowest BCUT2D eigenvalue weighted by Gasteiger charge is -2.08. The van der Waals surface area contributed by atoms with Gasteiger partial charge in [0.15, 0.2) is 0 Å². The molecule has 0 bridgehead atoms. The summed E-state index contributed by atoms with van der Waals surface area (Å²) in [6, 6.07) is 5.45. The lowest BCUT2D eigenvalue weighted by atomic mass is 10.0. The summed E-state index contributed by atoms with van der Waals surface area (Å²) < 4.78 is 4.79. The molecule has 0 aliphatic carbocycles. The van der Waals surface area contributed by atoms with E-state index in [1.807, 2.05) is 13.0 Å². The number of carbonyl (C=O) groups excluding carboxylic acids is 1. The first-order chi connectivity index (χ1) is 8.67. The third-order valence-corrected chi connectivity index (χ3v) is 3.05. The van der Waals surface area contributed by atoms with Crippen LogP contribution in [0.5, 0.6) is 0 Å². The molecule has 0 aliphatic heterocycles. The Morgan fingerprint density at radius 1 is 1.56 bits per heavy atom. The molecular weight excluding hydrogens is 230 g/mol. The number of methoxy groups -OCH3 is 1. The fourth-order valence-corrected chi connectivity index (χ4v) is 1.97. The van der Waals surface area contributed by atoms with Gasteiger partial charge in [0.05, 0.1) is 18.2 Å². The number of carbonyl (C=O) groups is 1. The highest BCUT2D eigenvalue weighted by Crippen LogP contribution is 2.22. The van der Waals surface area contributed by atoms with Crippen LogP contribution in [0.3, 0.4) is 0 Å². The number of aromatic nitrogens is 2. The van der Waals surface area contributed by atoms with Crippen molar-refractivity contribution in [1.29, 1.82) is 0 Å². The quantitative estimate of drug-likeness (QED) is 0.804. The zero-order valence-electron chi connectivity index (χ0n) is 10.6. The highest BCUT2D eigenvalue weighted by atomic mass is 16.5. The van der Waals surface area contributed by atoms with Crippen LogP contribution in [0.1, 0.15) is 29.4 Å². The molecule has 1 unspecified atom stereocenters. The predicted molar refractivity (Wildman–Crippen MR) is 69.4 cm³/mol. The first-order valence-electron chi connectivity index (χ1n) is 5.97. The minimum Gasteiger partial charge on any atom is -0.465 e. The molecule has 0 saturated heterocycles. The zero-order valence-corrected chi connectivity index (χ0v) is 10.6. The molecule has 5 heteroatoms. The number of ether oxygens (including phenoxy) is 1. The van der Waals surface area contributed by atoms with Gasteiger partial charge in [-0.25, -0.2) is 4.79 Å². The number of H-pyrrole nitrogens is 1. The first-order valence-corrected chi connectivity index (χ1v) is 5.97. The topological polar surface area (TPSA) is 81.0 Å². The minimum atomic E-state index is -0.353. The Labute approximate surface area is 105 Å². The van der Waals surface area contributed by atoms with Gasteiger partial charge in [-0.1, -0.05) is 13.0 Å². The van der Waals surface area contributed by atoms with Crippen molar-refractivity contribution < 1.29 is 9.53 Å². The lowest BCUT2D eigenvalue weighted by Crippen LogP contribution is -2.21. The van der Waals surface area contributed by atoms with E-state index in [9.17, 15) is 4.79 Å². The molecular formula is C13H17N3O2. The number of nitrogens with zero attached hydrogens (tertiary/aromatic N) is 1. The van der Waals surface area contributed by atoms with Gasteiger partial charge < -0.3 is 10.5 Å². The highest BCUT2D eigenvalue weighted by molar-refractivity contribution is 6.04. The SMILES string of the molecule is CCC(N)Cc1[nH]nc2cccc(C(=O)OC)c12. The fraction of sp³-hybridized carbons (Fsp3) is 0.385. The summed E-state index contributed by atoms with van der Waals surface area (Å²) in [5.74, 6) is -0.353. The van der Waals surface area contributed by atoms with E-state index < -0.39 is 0 Å². The molecule has 0 amide bonds. The maximum atomic E-state index is 11.7. The molecule has 0 saturated carbocycles. The monoisotopic (exact) mass is 247 g/mol. The van der Waals surface area contributed by atoms with Gasteiger partial charge in [-0.15, -0.1) is 0 Å². The minimum absolute atomic E-state index is 0.0550. The van der Waals surface area contributed by atoms with Gasteiger partial charge in [0.1, 0.15) is 0 Å². The van der Waals surface area contributed by atoms with E-state index in [2.05, 4.69) is 10.2 Å². The maximum absolute atomic E-state index is 11.7. The molecule has 0 radical (unpaired) electrons. The van der Waals surface area contributed by atoms with Crippen molar-refractivity contribution in [2.24, 2.45) is 5.73 Å². The largest absolute Gasteiger partial charge is 0.465 e. The molecule has 96 valence electrons. The van der Waals surface area contributed by atoms with Gasteiger partial charge in [-0.05, 0) is 18.6 Å². The zero-order chi connectivity index (χ0) is 13.1. The normalized spacial score (nSPS) is 12.6. The highest BCUT2D eigenvalue weighted by Gasteiger charge is 2.16. The van der Waals surface area contributed by atoms with Gasteiger partial charge in [-0.3, -0.25) is 5.10 Å². The van der Waals surface area contributed by atoms with E-state index in [1.54, 1.807) is 12.1 Å². The van der Waals surface area contributed by atoms with Crippen molar-refractivity contribution in [3.63, 3.8) is 0 Å². The molecule has 1 atom stereocenters. The average Bonchev–Trinajstić information content (AvgIpc) is 2.81. The number of benzene rings is 1. The second kappa shape index (κ2) is 5.18. The van der Waals surface area contributed by atoms with Crippen LogP contribution in [-0.4, -0.2) is 29.3 Å². The first kappa shape index (κ1) is 12.6. The molecule has 2 aromatic rings. The number of rotatable bonds is 4. The lowest BCUT2D eigenvalue weighted by molar-refractivity contribution is 0.0603. The van der Waals surface area contributed by atoms with Crippen molar-refractivity contribution >= 4 is 16.9 Å². The number of esters is 1. The van der Waals surface area contributed by atoms with Gasteiger partial charge in [0, 0.05) is 23.5 Å². The van der Waals surface area contributed by atoms with E-state index in [4.69, 9.17) is 10.5 Å². The smallest absolute Gasteiger partial charge is 0.338 e. The summed E-state index contributed by atoms with van der Waals surface area (Å²) in [6.07, 6.45) is 1.54. The van der Waals surface area contributed by atoms with Gasteiger partial charge in [0.25, 0.3) is 0 Å². The van der Waals surface area contributed by atoms with Crippen LogP contribution in [0, 0.1) is 0 Å². The number of hydrogen-bond donors (Lipinski definition) is 2. The Kier molecular flexibility index (Phi) is 3.62. The van der Waals surface area contributed by atoms with Crippen LogP contribution in [0.15, 0.2) is 18.2 Å². The van der Waals surface area contributed by atoms with Crippen molar-refractivity contribution in [2.75, 3.05) is 7.11 Å². The summed E-state index contributed by atoms with van der Waals surface area (Å²) in [5, 5.41) is 7.97. The van der Waals surface area contributed by atoms with Crippen LogP contribution in [-0.2, 0) is 11.2 Å². The maximum Gasteiger partial charge on any atom is 0.338 e. The van der Waals surface area contributed by atoms with E-state index in [-0.39, 0.29) is 12.0 Å². The van der Waals surface area contributed by atoms with Crippen molar-refractivity contribution in [3.8, 4) is 0 Å². The van der Waals surface area contributed by atoms with Gasteiger partial charge >= 0.3 is 5.97 Å². The third-order valence-electron chi connectivity index (χ3n) is 3.05. The van der Waals surface area contributed by atoms with Crippen LogP contribution < -0.4 is 5.73 Å². The number of nitrogens with one attached hydrogen (secondary N) is 1. The molecule has 0 fully saturated rings. The van der Waals surface area contributed by atoms with Crippen molar-refractivity contribution in [2.45, 2.75) is 25.8 Å². The van der Waals surface area contributed by atoms with Crippen LogP contribution in [0.4, 0.5) is 0 Å². The third kappa shape index (κ3) is 2.22. The number of fused-ring (bicyclic) bond motifs is 1. The van der Waals surface area contributed by atoms with E-state index in [0.29, 0.717) is 12.0 Å². The van der Waals surface area contributed by atoms with Gasteiger partial charge in [-0.2, -0.15) is 5.10 Å². The predicted octanol–water partition coefficient (Wildman–Crippen LogP) is 1.63. The Bertz CT molecular complexity index is 562.